The van der Waals surface area contributed by atoms with Crippen LogP contribution in [0.15, 0.2) is 80.8 Å². The lowest BCUT2D eigenvalue weighted by atomic mass is 9.98. The quantitative estimate of drug-likeness (QED) is 0.378. The van der Waals surface area contributed by atoms with Crippen LogP contribution in [-0.4, -0.2) is 36.2 Å². The molecular formula is C25H19Br2N3O3. The molecule has 0 saturated carbocycles. The lowest BCUT2D eigenvalue weighted by Gasteiger charge is -2.29. The first-order valence-electron chi connectivity index (χ1n) is 10.3. The largest absolute Gasteiger partial charge is 0.496 e. The minimum absolute atomic E-state index is 0.151. The third-order valence-electron chi connectivity index (χ3n) is 5.89. The molecule has 2 aliphatic rings. The number of benzene rings is 3. The summed E-state index contributed by atoms with van der Waals surface area (Å²) in [5, 5.41) is 6.77. The summed E-state index contributed by atoms with van der Waals surface area (Å²) in [5.41, 5.74) is 3.89. The molecule has 0 fully saturated rings. The summed E-state index contributed by atoms with van der Waals surface area (Å²) in [4.78, 5) is 27.0. The Labute approximate surface area is 208 Å². The van der Waals surface area contributed by atoms with Crippen LogP contribution < -0.4 is 9.64 Å². The molecule has 0 radical (unpaired) electrons. The van der Waals surface area contributed by atoms with Crippen LogP contribution in [0.3, 0.4) is 0 Å². The Morgan fingerprint density at radius 3 is 2.48 bits per heavy atom. The highest BCUT2D eigenvalue weighted by molar-refractivity contribution is 9.10. The number of nitrogens with zero attached hydrogens (tertiary/aromatic N) is 3. The van der Waals surface area contributed by atoms with Crippen molar-refractivity contribution in [2.75, 3.05) is 18.7 Å². The molecule has 166 valence electrons. The van der Waals surface area contributed by atoms with Gasteiger partial charge in [-0.25, -0.2) is 0 Å². The van der Waals surface area contributed by atoms with Gasteiger partial charge < -0.3 is 4.74 Å². The number of methoxy groups -OCH3 is 1. The Hall–Kier alpha value is -2.97. The number of hydrazone groups is 1. The Kier molecular flexibility index (Phi) is 5.80. The standard InChI is InChI=1S/C25H19Br2N3O3/c1-33-23-5-3-2-4-18(23)22-13-20(15-6-8-16(26)9-7-15)28-30(22)14-29-21-11-10-17(27)12-19(21)24(31)25(29)32/h2-12,22H,13-14H2,1H3. The van der Waals surface area contributed by atoms with E-state index >= 15 is 0 Å². The van der Waals surface area contributed by atoms with Crippen LogP contribution in [0.5, 0.6) is 5.75 Å². The van der Waals surface area contributed by atoms with E-state index in [1.165, 1.54) is 4.90 Å². The topological polar surface area (TPSA) is 62.2 Å². The highest BCUT2D eigenvalue weighted by atomic mass is 79.9. The first-order chi connectivity index (χ1) is 16.0. The Bertz CT molecular complexity index is 1290. The van der Waals surface area contributed by atoms with Crippen LogP contribution in [0.1, 0.15) is 33.9 Å². The molecule has 5 rings (SSSR count). The minimum atomic E-state index is -0.547. The fourth-order valence-corrected chi connectivity index (χ4v) is 4.90. The van der Waals surface area contributed by atoms with Gasteiger partial charge in [-0.3, -0.25) is 19.5 Å². The molecule has 0 aliphatic carbocycles. The highest BCUT2D eigenvalue weighted by Gasteiger charge is 2.39. The van der Waals surface area contributed by atoms with Gasteiger partial charge >= 0.3 is 5.91 Å². The maximum atomic E-state index is 12.9. The van der Waals surface area contributed by atoms with Gasteiger partial charge in [0.05, 0.1) is 30.1 Å². The van der Waals surface area contributed by atoms with Crippen LogP contribution in [0.2, 0.25) is 0 Å². The molecule has 0 aromatic heterocycles. The molecule has 8 heteroatoms. The second-order valence-electron chi connectivity index (χ2n) is 7.82. The Morgan fingerprint density at radius 2 is 1.73 bits per heavy atom. The van der Waals surface area contributed by atoms with Gasteiger partial charge in [-0.1, -0.05) is 62.2 Å². The number of carbonyl (C=O) groups excluding carboxylic acids is 2. The zero-order valence-electron chi connectivity index (χ0n) is 17.7. The van der Waals surface area contributed by atoms with Crippen molar-refractivity contribution < 1.29 is 14.3 Å². The van der Waals surface area contributed by atoms with Crippen molar-refractivity contribution >= 4 is 54.9 Å². The number of halogens is 2. The number of ketones is 1. The van der Waals surface area contributed by atoms with Crippen LogP contribution in [0.25, 0.3) is 0 Å². The van der Waals surface area contributed by atoms with Gasteiger partial charge in [0, 0.05) is 20.9 Å². The van der Waals surface area contributed by atoms with E-state index in [-0.39, 0.29) is 12.7 Å². The fourth-order valence-electron chi connectivity index (χ4n) is 4.27. The minimum Gasteiger partial charge on any atom is -0.496 e. The number of amides is 1. The molecule has 0 bridgehead atoms. The average Bonchev–Trinajstić information content (AvgIpc) is 3.34. The van der Waals surface area contributed by atoms with Gasteiger partial charge in [-0.05, 0) is 42.0 Å². The predicted octanol–water partition coefficient (Wildman–Crippen LogP) is 5.56. The molecule has 3 aromatic carbocycles. The van der Waals surface area contributed by atoms with Crippen molar-refractivity contribution in [3.8, 4) is 5.75 Å². The summed E-state index contributed by atoms with van der Waals surface area (Å²) in [5.74, 6) is -0.293. The van der Waals surface area contributed by atoms with Gasteiger partial charge in [0.2, 0.25) is 0 Å². The predicted molar refractivity (Wildman–Crippen MR) is 134 cm³/mol. The normalized spacial score (nSPS) is 17.4. The van der Waals surface area contributed by atoms with Gasteiger partial charge in [0.1, 0.15) is 12.4 Å². The van der Waals surface area contributed by atoms with Crippen LogP contribution in [0.4, 0.5) is 5.69 Å². The van der Waals surface area contributed by atoms with E-state index in [1.54, 1.807) is 19.2 Å². The number of ether oxygens (including phenoxy) is 1. The van der Waals surface area contributed by atoms with Crippen molar-refractivity contribution in [3.63, 3.8) is 0 Å². The molecule has 33 heavy (non-hydrogen) atoms. The fraction of sp³-hybridized carbons (Fsp3) is 0.160. The Morgan fingerprint density at radius 1 is 1.00 bits per heavy atom. The molecule has 1 unspecified atom stereocenters. The van der Waals surface area contributed by atoms with Crippen molar-refractivity contribution in [2.24, 2.45) is 5.10 Å². The van der Waals surface area contributed by atoms with E-state index in [9.17, 15) is 9.59 Å². The SMILES string of the molecule is COc1ccccc1C1CC(c2ccc(Br)cc2)=NN1CN1C(=O)C(=O)c2cc(Br)ccc21. The molecule has 0 saturated heterocycles. The molecule has 2 heterocycles. The zero-order valence-corrected chi connectivity index (χ0v) is 20.8. The summed E-state index contributed by atoms with van der Waals surface area (Å²) in [6, 6.07) is 21.0. The molecule has 2 aliphatic heterocycles. The van der Waals surface area contributed by atoms with E-state index < -0.39 is 11.7 Å². The molecule has 0 spiro atoms. The van der Waals surface area contributed by atoms with Gasteiger partial charge in [-0.2, -0.15) is 5.10 Å². The first kappa shape index (κ1) is 21.9. The van der Waals surface area contributed by atoms with Crippen molar-refractivity contribution in [1.82, 2.24) is 5.01 Å². The number of rotatable bonds is 5. The average molecular weight is 569 g/mol. The number of hydrogen-bond acceptors (Lipinski definition) is 5. The summed E-state index contributed by atoms with van der Waals surface area (Å²) in [6.45, 7) is 0.155. The molecule has 3 aromatic rings. The molecule has 0 N–H and O–H groups in total. The maximum Gasteiger partial charge on any atom is 0.301 e. The lowest BCUT2D eigenvalue weighted by molar-refractivity contribution is -0.114. The third kappa shape index (κ3) is 3.98. The highest BCUT2D eigenvalue weighted by Crippen LogP contribution is 2.39. The first-order valence-corrected chi connectivity index (χ1v) is 11.9. The van der Waals surface area contributed by atoms with E-state index in [2.05, 4.69) is 31.9 Å². The van der Waals surface area contributed by atoms with E-state index in [0.29, 0.717) is 17.7 Å². The number of Topliss-reactive ketones (excluding diaryl/α,β-unsaturated/α-hetero) is 1. The van der Waals surface area contributed by atoms with Gasteiger partial charge in [-0.15, -0.1) is 0 Å². The summed E-state index contributed by atoms with van der Waals surface area (Å²) >= 11 is 6.86. The summed E-state index contributed by atoms with van der Waals surface area (Å²) in [6.07, 6.45) is 0.644. The monoisotopic (exact) mass is 567 g/mol. The smallest absolute Gasteiger partial charge is 0.301 e. The van der Waals surface area contributed by atoms with Gasteiger partial charge in [0.15, 0.2) is 0 Å². The number of anilines is 1. The van der Waals surface area contributed by atoms with Crippen molar-refractivity contribution in [3.05, 3.63) is 92.4 Å². The lowest BCUT2D eigenvalue weighted by Crippen LogP contribution is -2.39. The summed E-state index contributed by atoms with van der Waals surface area (Å²) in [7, 11) is 1.64. The number of carbonyl (C=O) groups is 2. The van der Waals surface area contributed by atoms with Crippen LogP contribution in [-0.2, 0) is 4.79 Å². The summed E-state index contributed by atoms with van der Waals surface area (Å²) < 4.78 is 7.37. The second-order valence-corrected chi connectivity index (χ2v) is 9.65. The number of fused-ring (bicyclic) bond motifs is 1. The number of hydrogen-bond donors (Lipinski definition) is 0. The van der Waals surface area contributed by atoms with Crippen LogP contribution in [0, 0.1) is 0 Å². The van der Waals surface area contributed by atoms with E-state index in [0.717, 1.165) is 31.5 Å². The van der Waals surface area contributed by atoms with E-state index in [4.69, 9.17) is 9.84 Å². The van der Waals surface area contributed by atoms with Crippen LogP contribution >= 0.6 is 31.9 Å². The molecular weight excluding hydrogens is 550 g/mol. The van der Waals surface area contributed by atoms with Crippen molar-refractivity contribution in [2.45, 2.75) is 12.5 Å². The van der Waals surface area contributed by atoms with E-state index in [1.807, 2.05) is 59.6 Å². The third-order valence-corrected chi connectivity index (χ3v) is 6.91. The van der Waals surface area contributed by atoms with Crippen molar-refractivity contribution in [1.29, 1.82) is 0 Å². The maximum absolute atomic E-state index is 12.9. The number of para-hydroxylation sites is 1. The van der Waals surface area contributed by atoms with Gasteiger partial charge in [0.25, 0.3) is 5.78 Å². The molecule has 1 amide bonds. The molecule has 1 atom stereocenters. The second kappa shape index (κ2) is 8.76. The Balaban J connectivity index is 1.54. The molecule has 6 nitrogen and oxygen atoms in total. The zero-order chi connectivity index (χ0) is 23.1.